The van der Waals surface area contributed by atoms with Crippen molar-refractivity contribution in [2.24, 2.45) is 5.92 Å². The Morgan fingerprint density at radius 2 is 1.89 bits per heavy atom. The van der Waals surface area contributed by atoms with Gasteiger partial charge in [0.1, 0.15) is 11.3 Å². The minimum Gasteiger partial charge on any atom is -0.465 e. The predicted molar refractivity (Wildman–Crippen MR) is 103 cm³/mol. The summed E-state index contributed by atoms with van der Waals surface area (Å²) in [7, 11) is 1.32. The van der Waals surface area contributed by atoms with Gasteiger partial charge in [-0.1, -0.05) is 37.5 Å². The summed E-state index contributed by atoms with van der Waals surface area (Å²) < 4.78 is 35.1. The van der Waals surface area contributed by atoms with E-state index in [1.54, 1.807) is 30.3 Å². The van der Waals surface area contributed by atoms with E-state index in [-0.39, 0.29) is 5.52 Å². The molecule has 0 N–H and O–H groups in total. The molecule has 0 atom stereocenters. The lowest BCUT2D eigenvalue weighted by molar-refractivity contribution is 0.0601. The SMILES string of the molecule is COC(=O)c1ccccc1-c1nc2c(F)c(F)ccc2n1CC1CCCCC1. The summed E-state index contributed by atoms with van der Waals surface area (Å²) in [6.07, 6.45) is 5.78. The Kier molecular flexibility index (Phi) is 5.11. The number of aromatic nitrogens is 2. The number of ether oxygens (including phenoxy) is 1. The van der Waals surface area contributed by atoms with E-state index in [9.17, 15) is 13.6 Å². The Bertz CT molecular complexity index is 1020. The van der Waals surface area contributed by atoms with Gasteiger partial charge in [-0.05, 0) is 37.0 Å². The average molecular weight is 384 g/mol. The van der Waals surface area contributed by atoms with Crippen molar-refractivity contribution < 1.29 is 18.3 Å². The molecule has 1 aliphatic rings. The van der Waals surface area contributed by atoms with Gasteiger partial charge >= 0.3 is 5.97 Å². The summed E-state index contributed by atoms with van der Waals surface area (Å²) in [4.78, 5) is 16.7. The number of fused-ring (bicyclic) bond motifs is 1. The average Bonchev–Trinajstić information content (AvgIpc) is 3.09. The first-order chi connectivity index (χ1) is 13.6. The molecule has 6 heteroatoms. The molecule has 1 aromatic heterocycles. The maximum atomic E-state index is 14.5. The van der Waals surface area contributed by atoms with Crippen LogP contribution in [0.1, 0.15) is 42.5 Å². The van der Waals surface area contributed by atoms with Crippen molar-refractivity contribution in [2.75, 3.05) is 7.11 Å². The van der Waals surface area contributed by atoms with E-state index in [1.807, 2.05) is 4.57 Å². The molecular formula is C22H22F2N2O2. The van der Waals surface area contributed by atoms with Crippen LogP contribution in [-0.2, 0) is 11.3 Å². The van der Waals surface area contributed by atoms with Gasteiger partial charge in [0.25, 0.3) is 0 Å². The van der Waals surface area contributed by atoms with Crippen LogP contribution in [0.3, 0.4) is 0 Å². The molecule has 3 aromatic rings. The molecule has 1 fully saturated rings. The fourth-order valence-corrected chi connectivity index (χ4v) is 4.12. The van der Waals surface area contributed by atoms with E-state index in [0.29, 0.717) is 34.9 Å². The molecule has 0 aliphatic heterocycles. The Labute approximate surface area is 162 Å². The third kappa shape index (κ3) is 3.28. The maximum absolute atomic E-state index is 14.5. The minimum atomic E-state index is -0.961. The van der Waals surface area contributed by atoms with E-state index < -0.39 is 17.6 Å². The molecule has 1 saturated carbocycles. The quantitative estimate of drug-likeness (QED) is 0.570. The molecule has 0 bridgehead atoms. The van der Waals surface area contributed by atoms with Crippen molar-refractivity contribution in [3.63, 3.8) is 0 Å². The fraction of sp³-hybridized carbons (Fsp3) is 0.364. The van der Waals surface area contributed by atoms with Gasteiger partial charge in [0.15, 0.2) is 11.6 Å². The second-order valence-corrected chi connectivity index (χ2v) is 7.32. The van der Waals surface area contributed by atoms with Gasteiger partial charge in [0, 0.05) is 12.1 Å². The van der Waals surface area contributed by atoms with Crippen LogP contribution in [0.4, 0.5) is 8.78 Å². The van der Waals surface area contributed by atoms with Gasteiger partial charge in [0.05, 0.1) is 18.2 Å². The number of benzene rings is 2. The highest BCUT2D eigenvalue weighted by Gasteiger charge is 2.24. The molecule has 146 valence electrons. The molecule has 0 unspecified atom stereocenters. The number of hydrogen-bond donors (Lipinski definition) is 0. The molecule has 1 aliphatic carbocycles. The van der Waals surface area contributed by atoms with E-state index in [1.165, 1.54) is 26.4 Å². The molecular weight excluding hydrogens is 362 g/mol. The Morgan fingerprint density at radius 1 is 1.14 bits per heavy atom. The minimum absolute atomic E-state index is 0.00882. The number of methoxy groups -OCH3 is 1. The van der Waals surface area contributed by atoms with Crippen LogP contribution in [0.15, 0.2) is 36.4 Å². The molecule has 0 amide bonds. The van der Waals surface area contributed by atoms with Gasteiger partial charge in [0.2, 0.25) is 0 Å². The van der Waals surface area contributed by atoms with Crippen LogP contribution in [0, 0.1) is 17.6 Å². The first-order valence-corrected chi connectivity index (χ1v) is 9.62. The summed E-state index contributed by atoms with van der Waals surface area (Å²) in [5.41, 5.74) is 1.44. The highest BCUT2D eigenvalue weighted by Crippen LogP contribution is 2.33. The molecule has 1 heterocycles. The Hall–Kier alpha value is -2.76. The zero-order valence-corrected chi connectivity index (χ0v) is 15.8. The Balaban J connectivity index is 1.91. The van der Waals surface area contributed by atoms with Crippen LogP contribution in [-0.4, -0.2) is 22.6 Å². The molecule has 0 spiro atoms. The van der Waals surface area contributed by atoms with E-state index in [0.717, 1.165) is 18.9 Å². The van der Waals surface area contributed by atoms with Crippen LogP contribution in [0.25, 0.3) is 22.4 Å². The number of hydrogen-bond acceptors (Lipinski definition) is 3. The first kappa shape index (κ1) is 18.6. The third-order valence-corrected chi connectivity index (χ3v) is 5.55. The monoisotopic (exact) mass is 384 g/mol. The van der Waals surface area contributed by atoms with Gasteiger partial charge < -0.3 is 9.30 Å². The van der Waals surface area contributed by atoms with E-state index in [4.69, 9.17) is 4.74 Å². The summed E-state index contributed by atoms with van der Waals surface area (Å²) in [5.74, 6) is -1.47. The molecule has 0 radical (unpaired) electrons. The van der Waals surface area contributed by atoms with Crippen molar-refractivity contribution in [1.29, 1.82) is 0 Å². The number of rotatable bonds is 4. The van der Waals surface area contributed by atoms with Crippen molar-refractivity contribution in [2.45, 2.75) is 38.6 Å². The molecule has 28 heavy (non-hydrogen) atoms. The second kappa shape index (κ2) is 7.70. The third-order valence-electron chi connectivity index (χ3n) is 5.55. The molecule has 4 rings (SSSR count). The van der Waals surface area contributed by atoms with Gasteiger partial charge in [-0.25, -0.2) is 18.6 Å². The highest BCUT2D eigenvalue weighted by atomic mass is 19.2. The summed E-state index contributed by atoms with van der Waals surface area (Å²) in [6.45, 7) is 0.659. The number of carbonyl (C=O) groups is 1. The van der Waals surface area contributed by atoms with Crippen molar-refractivity contribution in [1.82, 2.24) is 9.55 Å². The number of halogens is 2. The number of esters is 1. The smallest absolute Gasteiger partial charge is 0.338 e. The van der Waals surface area contributed by atoms with Gasteiger partial charge in [-0.3, -0.25) is 0 Å². The topological polar surface area (TPSA) is 44.1 Å². The van der Waals surface area contributed by atoms with Crippen molar-refractivity contribution in [3.8, 4) is 11.4 Å². The Morgan fingerprint density at radius 3 is 2.64 bits per heavy atom. The van der Waals surface area contributed by atoms with E-state index >= 15 is 0 Å². The molecule has 4 nitrogen and oxygen atoms in total. The number of nitrogens with zero attached hydrogens (tertiary/aromatic N) is 2. The fourth-order valence-electron chi connectivity index (χ4n) is 4.12. The summed E-state index contributed by atoms with van der Waals surface area (Å²) in [6, 6.07) is 9.65. The van der Waals surface area contributed by atoms with Crippen LogP contribution in [0.2, 0.25) is 0 Å². The molecule has 2 aromatic carbocycles. The van der Waals surface area contributed by atoms with Crippen LogP contribution < -0.4 is 0 Å². The zero-order chi connectivity index (χ0) is 19.7. The molecule has 0 saturated heterocycles. The van der Waals surface area contributed by atoms with Gasteiger partial charge in [-0.15, -0.1) is 0 Å². The van der Waals surface area contributed by atoms with Crippen LogP contribution in [0.5, 0.6) is 0 Å². The van der Waals surface area contributed by atoms with Gasteiger partial charge in [-0.2, -0.15) is 0 Å². The standard InChI is InChI=1S/C22H22F2N2O2/c1-28-22(27)16-10-6-5-9-15(16)21-25-20-18(12-11-17(23)19(20)24)26(21)13-14-7-3-2-4-8-14/h5-6,9-12,14H,2-4,7-8,13H2,1H3. The lowest BCUT2D eigenvalue weighted by Gasteiger charge is -2.23. The lowest BCUT2D eigenvalue weighted by atomic mass is 9.89. The normalized spacial score (nSPS) is 15.1. The zero-order valence-electron chi connectivity index (χ0n) is 15.8. The lowest BCUT2D eigenvalue weighted by Crippen LogP contribution is -2.15. The van der Waals surface area contributed by atoms with Crippen molar-refractivity contribution >= 4 is 17.0 Å². The predicted octanol–water partition coefficient (Wildman–Crippen LogP) is 5.35. The number of imidazole rings is 1. The van der Waals surface area contributed by atoms with E-state index in [2.05, 4.69) is 4.98 Å². The second-order valence-electron chi connectivity index (χ2n) is 7.32. The highest BCUT2D eigenvalue weighted by molar-refractivity contribution is 5.97. The van der Waals surface area contributed by atoms with Crippen molar-refractivity contribution in [3.05, 3.63) is 53.6 Å². The summed E-state index contributed by atoms with van der Waals surface area (Å²) >= 11 is 0. The maximum Gasteiger partial charge on any atom is 0.338 e. The largest absolute Gasteiger partial charge is 0.465 e. The summed E-state index contributed by atoms with van der Waals surface area (Å²) in [5, 5.41) is 0. The number of carbonyl (C=O) groups excluding carboxylic acids is 1. The van der Waals surface area contributed by atoms with Crippen LogP contribution >= 0.6 is 0 Å². The first-order valence-electron chi connectivity index (χ1n) is 9.62.